The summed E-state index contributed by atoms with van der Waals surface area (Å²) in [6, 6.07) is 13.5. The minimum Gasteiger partial charge on any atom is -0.451 e. The monoisotopic (exact) mass is 682 g/mol. The standard InChI is InChI=1S/C36H42N8O6/c37-33(38)23-7-9-27-25(19-23)21-29(49-27)35(47)43-15-11-41(12-16-43)31(45)5-3-1-2-4-6-32(46)42-13-17-44(18-14-42)36(48)30-22-26-20-24(34(39)40)8-10-28(26)50-30/h7-10,19-22H,1-6,11-18H2,(H3,37,38)(H3,39,40). The molecule has 0 unspecified atom stereocenters. The third-order valence-corrected chi connectivity index (χ3v) is 9.45. The molecule has 2 saturated heterocycles. The largest absolute Gasteiger partial charge is 0.451 e. The van der Waals surface area contributed by atoms with Gasteiger partial charge in [0.1, 0.15) is 22.8 Å². The molecule has 2 aromatic heterocycles. The van der Waals surface area contributed by atoms with Gasteiger partial charge in [0.2, 0.25) is 11.8 Å². The number of hydrogen-bond donors (Lipinski definition) is 4. The Bertz CT molecular complexity index is 1810. The van der Waals surface area contributed by atoms with Crippen LogP contribution in [-0.2, 0) is 9.59 Å². The number of benzene rings is 2. The van der Waals surface area contributed by atoms with Gasteiger partial charge in [0.05, 0.1) is 0 Å². The number of carbonyl (C=O) groups excluding carboxylic acids is 4. The van der Waals surface area contributed by atoms with Crippen molar-refractivity contribution in [1.29, 1.82) is 10.8 Å². The van der Waals surface area contributed by atoms with Crippen LogP contribution in [0.4, 0.5) is 0 Å². The van der Waals surface area contributed by atoms with Gasteiger partial charge in [-0.15, -0.1) is 0 Å². The lowest BCUT2D eigenvalue weighted by molar-refractivity contribution is -0.133. The van der Waals surface area contributed by atoms with Gasteiger partial charge in [-0.3, -0.25) is 30.0 Å². The number of piperazine rings is 2. The van der Waals surface area contributed by atoms with Gasteiger partial charge in [-0.1, -0.05) is 12.8 Å². The van der Waals surface area contributed by atoms with E-state index in [1.165, 1.54) is 0 Å². The number of nitrogen functional groups attached to an aromatic ring is 2. The third-order valence-electron chi connectivity index (χ3n) is 9.45. The summed E-state index contributed by atoms with van der Waals surface area (Å²) in [5.74, 6) is 0.0386. The Balaban J connectivity index is 0.848. The van der Waals surface area contributed by atoms with Crippen molar-refractivity contribution in [2.45, 2.75) is 38.5 Å². The SMILES string of the molecule is N=C(N)c1ccc2oc(C(=O)N3CCN(C(=O)CCCCCCC(=O)N4CCN(C(=O)c5cc6cc(C(=N)N)ccc6o5)CC4)CC3)cc2c1. The second-order valence-electron chi connectivity index (χ2n) is 12.8. The Labute approximate surface area is 288 Å². The fourth-order valence-corrected chi connectivity index (χ4v) is 6.48. The molecule has 6 rings (SSSR count). The summed E-state index contributed by atoms with van der Waals surface area (Å²) in [5.41, 5.74) is 13.4. The average Bonchev–Trinajstić information content (AvgIpc) is 3.76. The van der Waals surface area contributed by atoms with Gasteiger partial charge in [-0.2, -0.15) is 0 Å². The van der Waals surface area contributed by atoms with Crippen LogP contribution in [0.25, 0.3) is 21.9 Å². The number of amides is 4. The first-order valence-electron chi connectivity index (χ1n) is 17.0. The first-order chi connectivity index (χ1) is 24.1. The number of nitrogens with one attached hydrogen (secondary N) is 2. The maximum Gasteiger partial charge on any atom is 0.289 e. The fraction of sp³-hybridized carbons (Fsp3) is 0.389. The second-order valence-corrected chi connectivity index (χ2v) is 12.8. The molecular formula is C36H42N8O6. The van der Waals surface area contributed by atoms with Crippen molar-refractivity contribution < 1.29 is 28.0 Å². The molecule has 2 aromatic carbocycles. The van der Waals surface area contributed by atoms with Gasteiger partial charge >= 0.3 is 0 Å². The van der Waals surface area contributed by atoms with Crippen molar-refractivity contribution >= 4 is 57.2 Å². The van der Waals surface area contributed by atoms with Gasteiger partial charge in [-0.05, 0) is 61.4 Å². The second kappa shape index (κ2) is 14.8. The molecule has 0 atom stereocenters. The predicted molar refractivity (Wildman–Crippen MR) is 187 cm³/mol. The van der Waals surface area contributed by atoms with Gasteiger partial charge in [0.15, 0.2) is 11.5 Å². The van der Waals surface area contributed by atoms with Crippen molar-refractivity contribution in [3.63, 3.8) is 0 Å². The predicted octanol–water partition coefficient (Wildman–Crippen LogP) is 3.36. The van der Waals surface area contributed by atoms with E-state index in [9.17, 15) is 19.2 Å². The van der Waals surface area contributed by atoms with E-state index < -0.39 is 0 Å². The number of carbonyl (C=O) groups is 4. The number of nitrogens with two attached hydrogens (primary N) is 2. The Kier molecular flexibility index (Phi) is 10.2. The summed E-state index contributed by atoms with van der Waals surface area (Å²) in [7, 11) is 0. The molecule has 0 bridgehead atoms. The zero-order valence-corrected chi connectivity index (χ0v) is 27.9. The summed E-state index contributed by atoms with van der Waals surface area (Å²) < 4.78 is 11.5. The molecule has 0 radical (unpaired) electrons. The highest BCUT2D eigenvalue weighted by Crippen LogP contribution is 2.24. The highest BCUT2D eigenvalue weighted by Gasteiger charge is 2.28. The quantitative estimate of drug-likeness (QED) is 0.105. The average molecular weight is 683 g/mol. The molecule has 2 aliphatic rings. The van der Waals surface area contributed by atoms with E-state index in [0.29, 0.717) is 98.3 Å². The third kappa shape index (κ3) is 7.64. The number of amidine groups is 2. The van der Waals surface area contributed by atoms with E-state index in [-0.39, 0.29) is 46.8 Å². The lowest BCUT2D eigenvalue weighted by Crippen LogP contribution is -2.50. The smallest absolute Gasteiger partial charge is 0.289 e. The van der Waals surface area contributed by atoms with E-state index in [2.05, 4.69) is 0 Å². The van der Waals surface area contributed by atoms with Crippen LogP contribution in [0.5, 0.6) is 0 Å². The van der Waals surface area contributed by atoms with Gasteiger partial charge < -0.3 is 39.9 Å². The van der Waals surface area contributed by atoms with E-state index in [1.54, 1.807) is 68.1 Å². The minimum absolute atomic E-state index is 0.0525. The summed E-state index contributed by atoms with van der Waals surface area (Å²) in [4.78, 5) is 58.7. The maximum absolute atomic E-state index is 13.0. The Hall–Kier alpha value is -5.66. The van der Waals surface area contributed by atoms with Crippen LogP contribution < -0.4 is 11.5 Å². The number of unbranched alkanes of at least 4 members (excludes halogenated alkanes) is 3. The van der Waals surface area contributed by atoms with Crippen molar-refractivity contribution in [3.05, 3.63) is 71.2 Å². The number of furan rings is 2. The van der Waals surface area contributed by atoms with Crippen LogP contribution in [0.15, 0.2) is 57.4 Å². The first-order valence-corrected chi connectivity index (χ1v) is 17.0. The fourth-order valence-electron chi connectivity index (χ4n) is 6.48. The molecule has 4 heterocycles. The summed E-state index contributed by atoms with van der Waals surface area (Å²) >= 11 is 0. The number of nitrogens with zero attached hydrogens (tertiary/aromatic N) is 4. The Morgan fingerprint density at radius 2 is 0.900 bits per heavy atom. The van der Waals surface area contributed by atoms with E-state index in [0.717, 1.165) is 25.7 Å². The molecule has 14 nitrogen and oxygen atoms in total. The number of rotatable bonds is 11. The molecule has 14 heteroatoms. The molecular weight excluding hydrogens is 640 g/mol. The molecule has 6 N–H and O–H groups in total. The molecule has 262 valence electrons. The molecule has 0 aliphatic carbocycles. The summed E-state index contributed by atoms with van der Waals surface area (Å²) in [5, 5.41) is 16.6. The van der Waals surface area contributed by atoms with Gasteiger partial charge in [0, 0.05) is 87.1 Å². The van der Waals surface area contributed by atoms with E-state index in [4.69, 9.17) is 31.1 Å². The van der Waals surface area contributed by atoms with Crippen molar-refractivity contribution in [2.24, 2.45) is 11.5 Å². The summed E-state index contributed by atoms with van der Waals surface area (Å²) in [6.07, 6.45) is 4.05. The Morgan fingerprint density at radius 1 is 0.540 bits per heavy atom. The van der Waals surface area contributed by atoms with E-state index in [1.807, 2.05) is 0 Å². The van der Waals surface area contributed by atoms with Gasteiger partial charge in [0.25, 0.3) is 11.8 Å². The normalized spacial score (nSPS) is 15.1. The molecule has 50 heavy (non-hydrogen) atoms. The minimum atomic E-state index is -0.226. The molecule has 2 fully saturated rings. The van der Waals surface area contributed by atoms with Crippen LogP contribution in [0, 0.1) is 10.8 Å². The van der Waals surface area contributed by atoms with Crippen molar-refractivity contribution in [3.8, 4) is 0 Å². The van der Waals surface area contributed by atoms with Crippen LogP contribution in [0.3, 0.4) is 0 Å². The van der Waals surface area contributed by atoms with Crippen molar-refractivity contribution in [2.75, 3.05) is 52.4 Å². The lowest BCUT2D eigenvalue weighted by atomic mass is 10.1. The molecule has 0 saturated carbocycles. The molecule has 0 spiro atoms. The van der Waals surface area contributed by atoms with Crippen LogP contribution >= 0.6 is 0 Å². The highest BCUT2D eigenvalue weighted by atomic mass is 16.4. The van der Waals surface area contributed by atoms with Crippen molar-refractivity contribution in [1.82, 2.24) is 19.6 Å². The Morgan fingerprint density at radius 3 is 1.26 bits per heavy atom. The zero-order chi connectivity index (χ0) is 35.4. The summed E-state index contributed by atoms with van der Waals surface area (Å²) in [6.45, 7) is 3.56. The highest BCUT2D eigenvalue weighted by molar-refractivity contribution is 6.02. The number of fused-ring (bicyclic) bond motifs is 2. The molecule has 4 aromatic rings. The van der Waals surface area contributed by atoms with Crippen LogP contribution in [-0.4, -0.2) is 107 Å². The zero-order valence-electron chi connectivity index (χ0n) is 27.9. The van der Waals surface area contributed by atoms with Crippen LogP contribution in [0.2, 0.25) is 0 Å². The lowest BCUT2D eigenvalue weighted by Gasteiger charge is -2.34. The first kappa shape index (κ1) is 34.2. The topological polar surface area (TPSA) is 207 Å². The van der Waals surface area contributed by atoms with Gasteiger partial charge in [-0.25, -0.2) is 0 Å². The van der Waals surface area contributed by atoms with Crippen LogP contribution in [0.1, 0.15) is 70.8 Å². The maximum atomic E-state index is 13.0. The molecule has 4 amide bonds. The molecule has 2 aliphatic heterocycles. The number of hydrogen-bond acceptors (Lipinski definition) is 8. The van der Waals surface area contributed by atoms with E-state index >= 15 is 0 Å².